The summed E-state index contributed by atoms with van der Waals surface area (Å²) in [5.41, 5.74) is 0.0283. The zero-order valence-corrected chi connectivity index (χ0v) is 14.3. The molecule has 0 radical (unpaired) electrons. The maximum atomic E-state index is 4.77. The molecule has 0 aliphatic carbocycles. The summed E-state index contributed by atoms with van der Waals surface area (Å²) in [5.74, 6) is 0.958. The smallest absolute Gasteiger partial charge is 0.205 e. The van der Waals surface area contributed by atoms with Gasteiger partial charge in [-0.25, -0.2) is 4.98 Å². The van der Waals surface area contributed by atoms with Crippen molar-refractivity contribution < 1.29 is 0 Å². The summed E-state index contributed by atoms with van der Waals surface area (Å²) in [6.45, 7) is 13.2. The lowest BCUT2D eigenvalue weighted by molar-refractivity contribution is 0.393. The Bertz CT molecular complexity index is 416. The summed E-state index contributed by atoms with van der Waals surface area (Å²) in [6, 6.07) is 1.05. The number of nitrogens with one attached hydrogen (secondary N) is 1. The molecule has 114 valence electrons. The fourth-order valence-electron chi connectivity index (χ4n) is 2.46. The van der Waals surface area contributed by atoms with E-state index >= 15 is 0 Å². The summed E-state index contributed by atoms with van der Waals surface area (Å²) in [4.78, 5) is 7.17. The molecule has 4 nitrogen and oxygen atoms in total. The molecule has 20 heavy (non-hydrogen) atoms. The van der Waals surface area contributed by atoms with E-state index in [9.17, 15) is 0 Å². The summed E-state index contributed by atoms with van der Waals surface area (Å²) in [6.07, 6.45) is 3.92. The fourth-order valence-corrected chi connectivity index (χ4v) is 3.46. The van der Waals surface area contributed by atoms with E-state index in [4.69, 9.17) is 4.98 Å². The molecule has 0 bridgehead atoms. The molecule has 1 aliphatic heterocycles. The Morgan fingerprint density at radius 1 is 1.35 bits per heavy atom. The highest BCUT2D eigenvalue weighted by atomic mass is 32.1. The quantitative estimate of drug-likeness (QED) is 0.926. The molecule has 1 unspecified atom stereocenters. The van der Waals surface area contributed by atoms with Gasteiger partial charge in [-0.15, -0.1) is 0 Å². The third-order valence-electron chi connectivity index (χ3n) is 3.78. The number of piperidine rings is 1. The van der Waals surface area contributed by atoms with Crippen molar-refractivity contribution in [3.63, 3.8) is 0 Å². The second-order valence-electron chi connectivity index (χ2n) is 7.04. The number of hydrogen-bond donors (Lipinski definition) is 1. The predicted octanol–water partition coefficient (Wildman–Crippen LogP) is 3.19. The molecule has 1 fully saturated rings. The number of anilines is 1. The van der Waals surface area contributed by atoms with Crippen LogP contribution in [0, 0.1) is 0 Å². The Hall–Kier alpha value is -0.680. The van der Waals surface area contributed by atoms with Crippen molar-refractivity contribution in [1.82, 2.24) is 14.7 Å². The van der Waals surface area contributed by atoms with Crippen molar-refractivity contribution in [2.75, 3.05) is 18.0 Å². The van der Waals surface area contributed by atoms with Gasteiger partial charge in [-0.05, 0) is 33.2 Å². The Labute approximate surface area is 127 Å². The molecular weight excluding hydrogens is 268 g/mol. The van der Waals surface area contributed by atoms with Crippen LogP contribution in [0.2, 0.25) is 0 Å². The lowest BCUT2D eigenvalue weighted by Crippen LogP contribution is -2.46. The topological polar surface area (TPSA) is 41.0 Å². The minimum absolute atomic E-state index is 0.0283. The highest BCUT2D eigenvalue weighted by molar-refractivity contribution is 7.09. The molecule has 2 heterocycles. The van der Waals surface area contributed by atoms with E-state index in [-0.39, 0.29) is 5.41 Å². The van der Waals surface area contributed by atoms with Gasteiger partial charge in [0.25, 0.3) is 0 Å². The molecule has 0 saturated carbocycles. The van der Waals surface area contributed by atoms with Crippen LogP contribution in [0.5, 0.6) is 0 Å². The van der Waals surface area contributed by atoms with Crippen LogP contribution in [0.15, 0.2) is 0 Å². The monoisotopic (exact) mass is 296 g/mol. The van der Waals surface area contributed by atoms with Gasteiger partial charge in [0.1, 0.15) is 5.82 Å². The summed E-state index contributed by atoms with van der Waals surface area (Å²) >= 11 is 1.54. The predicted molar refractivity (Wildman–Crippen MR) is 86.7 cm³/mol. The number of aromatic nitrogens is 2. The van der Waals surface area contributed by atoms with Crippen LogP contribution >= 0.6 is 11.5 Å². The van der Waals surface area contributed by atoms with Crippen LogP contribution in [0.25, 0.3) is 0 Å². The summed E-state index contributed by atoms with van der Waals surface area (Å²) in [5, 5.41) is 4.69. The normalized spacial score (nSPS) is 20.4. The Morgan fingerprint density at radius 2 is 2.10 bits per heavy atom. The van der Waals surface area contributed by atoms with Crippen molar-refractivity contribution in [1.29, 1.82) is 0 Å². The van der Waals surface area contributed by atoms with Gasteiger partial charge >= 0.3 is 0 Å². The van der Waals surface area contributed by atoms with Gasteiger partial charge in [0.15, 0.2) is 0 Å². The van der Waals surface area contributed by atoms with E-state index in [1.165, 1.54) is 30.8 Å². The molecule has 2 rings (SSSR count). The second kappa shape index (κ2) is 6.39. The third kappa shape index (κ3) is 3.92. The fraction of sp³-hybridized carbons (Fsp3) is 0.867. The first-order valence-electron chi connectivity index (χ1n) is 7.72. The van der Waals surface area contributed by atoms with E-state index in [0.717, 1.165) is 24.0 Å². The maximum Gasteiger partial charge on any atom is 0.205 e. The average Bonchev–Trinajstić information content (AvgIpc) is 2.86. The van der Waals surface area contributed by atoms with Crippen molar-refractivity contribution >= 4 is 16.7 Å². The van der Waals surface area contributed by atoms with E-state index in [1.54, 1.807) is 0 Å². The number of hydrogen-bond acceptors (Lipinski definition) is 5. The highest BCUT2D eigenvalue weighted by Crippen LogP contribution is 2.27. The minimum atomic E-state index is 0.0283. The van der Waals surface area contributed by atoms with Gasteiger partial charge in [0.2, 0.25) is 5.13 Å². The van der Waals surface area contributed by atoms with Crippen LogP contribution in [-0.2, 0) is 5.41 Å². The first-order chi connectivity index (χ1) is 9.38. The molecule has 1 atom stereocenters. The average molecular weight is 296 g/mol. The van der Waals surface area contributed by atoms with Crippen molar-refractivity contribution in [2.45, 2.75) is 71.4 Å². The van der Waals surface area contributed by atoms with Crippen molar-refractivity contribution in [3.05, 3.63) is 5.82 Å². The third-order valence-corrected chi connectivity index (χ3v) is 4.54. The van der Waals surface area contributed by atoms with Crippen LogP contribution in [0.4, 0.5) is 5.13 Å². The van der Waals surface area contributed by atoms with Gasteiger partial charge in [0.05, 0.1) is 0 Å². The van der Waals surface area contributed by atoms with Gasteiger partial charge < -0.3 is 10.2 Å². The van der Waals surface area contributed by atoms with Gasteiger partial charge in [-0.1, -0.05) is 27.2 Å². The van der Waals surface area contributed by atoms with Crippen LogP contribution in [-0.4, -0.2) is 34.5 Å². The van der Waals surface area contributed by atoms with E-state index in [2.05, 4.69) is 49.2 Å². The molecule has 1 aromatic rings. The standard InChI is InChI=1S/C15H28N4S/c1-11(2)19(10-12-8-6-7-9-16-12)14-17-13(18-20-14)15(3,4)5/h11-12,16H,6-10H2,1-5H3. The molecular formula is C15H28N4S. The first kappa shape index (κ1) is 15.7. The van der Waals surface area contributed by atoms with Crippen LogP contribution < -0.4 is 10.2 Å². The molecule has 1 saturated heterocycles. The lowest BCUT2D eigenvalue weighted by Gasteiger charge is -2.32. The van der Waals surface area contributed by atoms with E-state index in [1.807, 2.05) is 0 Å². The SMILES string of the molecule is CC(C)N(CC1CCCCN1)c1nc(C(C)(C)C)ns1. The molecule has 1 aliphatic rings. The molecule has 1 N–H and O–H groups in total. The highest BCUT2D eigenvalue weighted by Gasteiger charge is 2.25. The Kier molecular flexibility index (Phi) is 5.02. The van der Waals surface area contributed by atoms with Crippen molar-refractivity contribution in [3.8, 4) is 0 Å². The van der Waals surface area contributed by atoms with Gasteiger partial charge in [-0.2, -0.15) is 4.37 Å². The Balaban J connectivity index is 2.09. The molecule has 1 aromatic heterocycles. The summed E-state index contributed by atoms with van der Waals surface area (Å²) in [7, 11) is 0. The molecule has 0 aromatic carbocycles. The van der Waals surface area contributed by atoms with Gasteiger partial charge in [-0.3, -0.25) is 0 Å². The molecule has 0 amide bonds. The van der Waals surface area contributed by atoms with Crippen LogP contribution in [0.3, 0.4) is 0 Å². The van der Waals surface area contributed by atoms with E-state index < -0.39 is 0 Å². The molecule has 0 spiro atoms. The summed E-state index contributed by atoms with van der Waals surface area (Å²) < 4.78 is 4.55. The van der Waals surface area contributed by atoms with Gasteiger partial charge in [0, 0.05) is 35.6 Å². The van der Waals surface area contributed by atoms with Crippen LogP contribution in [0.1, 0.15) is 59.7 Å². The maximum absolute atomic E-state index is 4.77. The second-order valence-corrected chi connectivity index (χ2v) is 7.77. The molecule has 5 heteroatoms. The van der Waals surface area contributed by atoms with Crippen molar-refractivity contribution in [2.24, 2.45) is 0 Å². The zero-order valence-electron chi connectivity index (χ0n) is 13.4. The minimum Gasteiger partial charge on any atom is -0.343 e. The Morgan fingerprint density at radius 3 is 2.60 bits per heavy atom. The largest absolute Gasteiger partial charge is 0.343 e. The first-order valence-corrected chi connectivity index (χ1v) is 8.49. The number of nitrogens with zero attached hydrogens (tertiary/aromatic N) is 3. The lowest BCUT2D eigenvalue weighted by atomic mass is 9.96. The number of rotatable bonds is 4. The van der Waals surface area contributed by atoms with E-state index in [0.29, 0.717) is 12.1 Å². The zero-order chi connectivity index (χ0) is 14.8.